The Bertz CT molecular complexity index is 217. The summed E-state index contributed by atoms with van der Waals surface area (Å²) in [4.78, 5) is 4.11. The molecule has 0 aromatic carbocycles. The van der Waals surface area contributed by atoms with Gasteiger partial charge in [0.1, 0.15) is 0 Å². The fourth-order valence-corrected chi connectivity index (χ4v) is 1.27. The maximum Gasteiger partial charge on any atom is 0.0815 e. The average molecular weight is 197 g/mol. The van der Waals surface area contributed by atoms with Crippen molar-refractivity contribution >= 4 is 14.9 Å². The maximum absolute atomic E-state index is 8.72. The van der Waals surface area contributed by atoms with Crippen molar-refractivity contribution in [2.24, 2.45) is 10.9 Å². The third kappa shape index (κ3) is 6.45. The van der Waals surface area contributed by atoms with Crippen LogP contribution in [0.1, 0.15) is 19.8 Å². The molecule has 72 valence electrons. The topological polar surface area (TPSA) is 48.2 Å². The normalized spacial score (nSPS) is 13.6. The molecule has 0 aliphatic rings. The first kappa shape index (κ1) is 12.3. The Morgan fingerprint density at radius 3 is 3.00 bits per heavy atom. The molecule has 0 aromatic rings. The van der Waals surface area contributed by atoms with E-state index in [1.165, 1.54) is 0 Å². The second kappa shape index (κ2) is 7.91. The number of hydrogen-bond donors (Lipinski definition) is 1. The SMILES string of the molecule is C=C(N=CC(C#N)CCC)PNC. The Morgan fingerprint density at radius 1 is 1.85 bits per heavy atom. The van der Waals surface area contributed by atoms with Gasteiger partial charge in [0.05, 0.1) is 17.4 Å². The summed E-state index contributed by atoms with van der Waals surface area (Å²) in [6, 6.07) is 2.19. The van der Waals surface area contributed by atoms with Gasteiger partial charge in [-0.3, -0.25) is 10.1 Å². The smallest absolute Gasteiger partial charge is 0.0815 e. The summed E-state index contributed by atoms with van der Waals surface area (Å²) in [5, 5.41) is 11.7. The van der Waals surface area contributed by atoms with Gasteiger partial charge in [0.2, 0.25) is 0 Å². The van der Waals surface area contributed by atoms with Crippen molar-refractivity contribution in [3.8, 4) is 6.07 Å². The number of nitriles is 1. The molecule has 4 heteroatoms. The highest BCUT2D eigenvalue weighted by atomic mass is 31.1. The van der Waals surface area contributed by atoms with Gasteiger partial charge in [0.25, 0.3) is 0 Å². The molecule has 0 aliphatic carbocycles. The summed E-state index contributed by atoms with van der Waals surface area (Å²) < 4.78 is 0. The van der Waals surface area contributed by atoms with E-state index < -0.39 is 0 Å². The average Bonchev–Trinajstić information content (AvgIpc) is 2.12. The lowest BCUT2D eigenvalue weighted by atomic mass is 10.1. The molecule has 0 saturated carbocycles. The molecule has 2 atom stereocenters. The molecule has 0 fully saturated rings. The molecule has 13 heavy (non-hydrogen) atoms. The van der Waals surface area contributed by atoms with E-state index in [2.05, 4.69) is 29.7 Å². The Labute approximate surface area is 81.8 Å². The molecule has 0 radical (unpaired) electrons. The van der Waals surface area contributed by atoms with Crippen molar-refractivity contribution in [2.45, 2.75) is 19.8 Å². The van der Waals surface area contributed by atoms with Gasteiger partial charge in [-0.05, 0) is 22.2 Å². The predicted octanol–water partition coefficient (Wildman–Crippen LogP) is 2.28. The number of nitrogens with zero attached hydrogens (tertiary/aromatic N) is 2. The van der Waals surface area contributed by atoms with Gasteiger partial charge in [-0.2, -0.15) is 5.26 Å². The van der Waals surface area contributed by atoms with Gasteiger partial charge in [-0.15, -0.1) is 0 Å². The van der Waals surface area contributed by atoms with Crippen molar-refractivity contribution in [2.75, 3.05) is 7.05 Å². The Hall–Kier alpha value is -0.710. The van der Waals surface area contributed by atoms with E-state index in [-0.39, 0.29) is 5.92 Å². The number of nitrogens with one attached hydrogen (secondary N) is 1. The minimum atomic E-state index is -0.0663. The third-order valence-corrected chi connectivity index (χ3v) is 2.11. The summed E-state index contributed by atoms with van der Waals surface area (Å²) in [6.45, 7) is 5.81. The van der Waals surface area contributed by atoms with Crippen LogP contribution in [0, 0.1) is 17.2 Å². The van der Waals surface area contributed by atoms with Crippen molar-refractivity contribution < 1.29 is 0 Å². The number of aliphatic imine (C=N–C) groups is 1. The lowest BCUT2D eigenvalue weighted by molar-refractivity contribution is 0.741. The first-order valence-electron chi connectivity index (χ1n) is 4.30. The van der Waals surface area contributed by atoms with Crippen LogP contribution in [-0.4, -0.2) is 13.3 Å². The highest BCUT2D eigenvalue weighted by molar-refractivity contribution is 7.40. The first-order chi connectivity index (χ1) is 6.24. The van der Waals surface area contributed by atoms with Gasteiger partial charge >= 0.3 is 0 Å². The molecular formula is C9H16N3P. The molecule has 0 heterocycles. The quantitative estimate of drug-likeness (QED) is 0.524. The summed E-state index contributed by atoms with van der Waals surface area (Å²) in [6.07, 6.45) is 3.57. The zero-order valence-corrected chi connectivity index (χ0v) is 9.17. The molecule has 0 saturated heterocycles. The van der Waals surface area contributed by atoms with Gasteiger partial charge in [-0.25, -0.2) is 0 Å². The lowest BCUT2D eigenvalue weighted by Gasteiger charge is -2.00. The second-order valence-electron chi connectivity index (χ2n) is 2.62. The molecule has 0 bridgehead atoms. The van der Waals surface area contributed by atoms with Gasteiger partial charge in [0.15, 0.2) is 0 Å². The van der Waals surface area contributed by atoms with Crippen molar-refractivity contribution in [3.05, 3.63) is 12.0 Å². The minimum absolute atomic E-state index is 0.0663. The van der Waals surface area contributed by atoms with Crippen LogP contribution in [0.2, 0.25) is 0 Å². The third-order valence-electron chi connectivity index (χ3n) is 1.45. The monoisotopic (exact) mass is 197 g/mol. The van der Waals surface area contributed by atoms with E-state index in [4.69, 9.17) is 5.26 Å². The molecule has 0 rings (SSSR count). The molecule has 0 aliphatic heterocycles. The maximum atomic E-state index is 8.72. The van der Waals surface area contributed by atoms with Crippen LogP contribution in [0.5, 0.6) is 0 Å². The van der Waals surface area contributed by atoms with E-state index >= 15 is 0 Å². The van der Waals surface area contributed by atoms with E-state index in [1.807, 2.05) is 7.05 Å². The number of rotatable bonds is 6. The summed E-state index contributed by atoms with van der Waals surface area (Å²) in [7, 11) is 2.29. The highest BCUT2D eigenvalue weighted by Crippen LogP contribution is 2.16. The summed E-state index contributed by atoms with van der Waals surface area (Å²) in [5.74, 6) is -0.0663. The van der Waals surface area contributed by atoms with Crippen molar-refractivity contribution in [1.82, 2.24) is 5.09 Å². The Kier molecular flexibility index (Phi) is 7.48. The fourth-order valence-electron chi connectivity index (χ4n) is 0.840. The van der Waals surface area contributed by atoms with Crippen LogP contribution >= 0.6 is 8.73 Å². The molecule has 1 N–H and O–H groups in total. The van der Waals surface area contributed by atoms with Gasteiger partial charge in [-0.1, -0.05) is 19.9 Å². The van der Waals surface area contributed by atoms with Crippen LogP contribution in [0.15, 0.2) is 17.0 Å². The summed E-state index contributed by atoms with van der Waals surface area (Å²) in [5.41, 5.74) is 0.791. The van der Waals surface area contributed by atoms with Crippen molar-refractivity contribution in [1.29, 1.82) is 5.26 Å². The fraction of sp³-hybridized carbons (Fsp3) is 0.556. The predicted molar refractivity (Wildman–Crippen MR) is 59.0 cm³/mol. The van der Waals surface area contributed by atoms with Crippen LogP contribution in [0.25, 0.3) is 0 Å². The Balaban J connectivity index is 3.93. The first-order valence-corrected chi connectivity index (χ1v) is 5.30. The largest absolute Gasteiger partial charge is 0.296 e. The van der Waals surface area contributed by atoms with Crippen LogP contribution < -0.4 is 5.09 Å². The molecule has 0 spiro atoms. The van der Waals surface area contributed by atoms with E-state index in [0.29, 0.717) is 8.73 Å². The minimum Gasteiger partial charge on any atom is -0.296 e. The van der Waals surface area contributed by atoms with E-state index in [0.717, 1.165) is 18.3 Å². The molecule has 2 unspecified atom stereocenters. The summed E-state index contributed by atoms with van der Waals surface area (Å²) >= 11 is 0. The Morgan fingerprint density at radius 2 is 2.54 bits per heavy atom. The second-order valence-corrected chi connectivity index (χ2v) is 3.95. The van der Waals surface area contributed by atoms with Gasteiger partial charge in [0, 0.05) is 6.21 Å². The molecule has 0 amide bonds. The lowest BCUT2D eigenvalue weighted by Crippen LogP contribution is -1.97. The van der Waals surface area contributed by atoms with E-state index in [9.17, 15) is 0 Å². The molecular weight excluding hydrogens is 181 g/mol. The molecule has 0 aromatic heterocycles. The zero-order valence-electron chi connectivity index (χ0n) is 8.17. The number of hydrogen-bond acceptors (Lipinski definition) is 3. The van der Waals surface area contributed by atoms with Crippen molar-refractivity contribution in [3.63, 3.8) is 0 Å². The molecule has 3 nitrogen and oxygen atoms in total. The standard InChI is InChI=1S/C9H16N3P/c1-4-5-9(6-10)7-12-8(2)13-11-3/h7,9,11,13H,2,4-5H2,1,3H3. The van der Waals surface area contributed by atoms with E-state index in [1.54, 1.807) is 6.21 Å². The highest BCUT2D eigenvalue weighted by Gasteiger charge is 2.00. The van der Waals surface area contributed by atoms with Crippen LogP contribution in [-0.2, 0) is 0 Å². The van der Waals surface area contributed by atoms with Crippen LogP contribution in [0.4, 0.5) is 0 Å². The zero-order chi connectivity index (χ0) is 10.1. The van der Waals surface area contributed by atoms with Gasteiger partial charge < -0.3 is 0 Å². The van der Waals surface area contributed by atoms with Crippen LogP contribution in [0.3, 0.4) is 0 Å².